The summed E-state index contributed by atoms with van der Waals surface area (Å²) in [4.78, 5) is 0.0194. The van der Waals surface area contributed by atoms with E-state index in [0.29, 0.717) is 32.2 Å². The van der Waals surface area contributed by atoms with E-state index >= 15 is 0 Å². The first-order valence-corrected chi connectivity index (χ1v) is 8.53. The minimum Gasteiger partial charge on any atom is -0.383 e. The third kappa shape index (κ3) is 4.45. The van der Waals surface area contributed by atoms with Crippen LogP contribution in [-0.4, -0.2) is 62.3 Å². The molecule has 0 saturated carbocycles. The minimum atomic E-state index is -3.32. The minimum absolute atomic E-state index is 0.0194. The molecule has 7 heteroatoms. The van der Waals surface area contributed by atoms with E-state index in [4.69, 9.17) is 4.74 Å². The maximum Gasteiger partial charge on any atom is 0.281 e. The van der Waals surface area contributed by atoms with Gasteiger partial charge in [-0.3, -0.25) is 0 Å². The van der Waals surface area contributed by atoms with Crippen LogP contribution in [-0.2, 0) is 14.9 Å². The summed E-state index contributed by atoms with van der Waals surface area (Å²) in [7, 11) is -0.0895. The van der Waals surface area contributed by atoms with Crippen LogP contribution < -0.4 is 0 Å². The van der Waals surface area contributed by atoms with E-state index in [1.165, 1.54) is 4.31 Å². The van der Waals surface area contributed by atoms with Crippen LogP contribution in [0, 0.1) is 5.92 Å². The van der Waals surface area contributed by atoms with Crippen molar-refractivity contribution >= 4 is 26.1 Å². The Bertz CT molecular complexity index is 342. The monoisotopic (exact) mass is 342 g/mol. The van der Waals surface area contributed by atoms with Gasteiger partial charge in [-0.25, -0.2) is 0 Å². The molecular formula is C11H23BrN2O3S. The van der Waals surface area contributed by atoms with E-state index in [1.54, 1.807) is 18.5 Å². The van der Waals surface area contributed by atoms with Gasteiger partial charge in [0, 0.05) is 33.8 Å². The molecule has 0 aliphatic carbocycles. The van der Waals surface area contributed by atoms with Crippen molar-refractivity contribution in [3.05, 3.63) is 0 Å². The van der Waals surface area contributed by atoms with E-state index < -0.39 is 10.2 Å². The lowest BCUT2D eigenvalue weighted by atomic mass is 10.0. The third-order valence-corrected chi connectivity index (χ3v) is 5.77. The number of rotatable bonds is 6. The number of halogens is 1. The molecule has 1 unspecified atom stereocenters. The number of piperidine rings is 1. The van der Waals surface area contributed by atoms with Crippen LogP contribution in [0.4, 0.5) is 0 Å². The first-order chi connectivity index (χ1) is 8.37. The summed E-state index contributed by atoms with van der Waals surface area (Å²) in [5, 5.41) is 0. The summed E-state index contributed by atoms with van der Waals surface area (Å²) in [6, 6.07) is 0. The van der Waals surface area contributed by atoms with E-state index in [1.807, 2.05) is 0 Å². The summed E-state index contributed by atoms with van der Waals surface area (Å²) in [5.41, 5.74) is 0. The number of ether oxygens (including phenoxy) is 1. The molecule has 1 rings (SSSR count). The Balaban J connectivity index is 2.56. The fourth-order valence-corrected chi connectivity index (χ4v) is 4.34. The van der Waals surface area contributed by atoms with Gasteiger partial charge in [-0.2, -0.15) is 17.0 Å². The van der Waals surface area contributed by atoms with Gasteiger partial charge in [0.15, 0.2) is 0 Å². The van der Waals surface area contributed by atoms with Crippen molar-refractivity contribution in [3.8, 4) is 0 Å². The summed E-state index contributed by atoms with van der Waals surface area (Å²) in [5.74, 6) is 0.624. The van der Waals surface area contributed by atoms with Crippen molar-refractivity contribution in [1.29, 1.82) is 0 Å². The van der Waals surface area contributed by atoms with Crippen molar-refractivity contribution < 1.29 is 13.2 Å². The van der Waals surface area contributed by atoms with Crippen LogP contribution in [0.1, 0.15) is 19.8 Å². The van der Waals surface area contributed by atoms with Crippen LogP contribution in [0.3, 0.4) is 0 Å². The molecule has 0 aromatic heterocycles. The zero-order chi connectivity index (χ0) is 13.8. The molecule has 0 amide bonds. The van der Waals surface area contributed by atoms with E-state index in [-0.39, 0.29) is 4.83 Å². The first kappa shape index (κ1) is 16.4. The Kier molecular flexibility index (Phi) is 6.54. The Morgan fingerprint density at radius 3 is 2.50 bits per heavy atom. The largest absolute Gasteiger partial charge is 0.383 e. The van der Waals surface area contributed by atoms with E-state index in [2.05, 4.69) is 22.9 Å². The zero-order valence-electron chi connectivity index (χ0n) is 11.3. The van der Waals surface area contributed by atoms with Crippen LogP contribution in [0.5, 0.6) is 0 Å². The van der Waals surface area contributed by atoms with Gasteiger partial charge in [0.2, 0.25) is 0 Å². The molecule has 5 nitrogen and oxygen atoms in total. The van der Waals surface area contributed by atoms with Crippen LogP contribution >= 0.6 is 15.9 Å². The maximum atomic E-state index is 12.3. The SMILES string of the molecule is COCC(Br)CN(C)S(=O)(=O)N1CCC(C)CC1. The highest BCUT2D eigenvalue weighted by atomic mass is 79.9. The van der Waals surface area contributed by atoms with Gasteiger partial charge < -0.3 is 4.74 Å². The van der Waals surface area contributed by atoms with Crippen LogP contribution in [0.25, 0.3) is 0 Å². The molecule has 1 aliphatic heterocycles. The molecule has 1 fully saturated rings. The number of hydrogen-bond acceptors (Lipinski definition) is 3. The van der Waals surface area contributed by atoms with Gasteiger partial charge in [0.25, 0.3) is 10.2 Å². The second kappa shape index (κ2) is 7.19. The van der Waals surface area contributed by atoms with Crippen molar-refractivity contribution in [2.24, 2.45) is 5.92 Å². The smallest absolute Gasteiger partial charge is 0.281 e. The molecule has 0 spiro atoms. The highest BCUT2D eigenvalue weighted by Crippen LogP contribution is 2.20. The highest BCUT2D eigenvalue weighted by molar-refractivity contribution is 9.09. The lowest BCUT2D eigenvalue weighted by Gasteiger charge is -2.33. The van der Waals surface area contributed by atoms with Crippen molar-refractivity contribution in [3.63, 3.8) is 0 Å². The fourth-order valence-electron chi connectivity index (χ4n) is 2.02. The molecular weight excluding hydrogens is 320 g/mol. The molecule has 1 aliphatic rings. The number of hydrogen-bond donors (Lipinski definition) is 0. The number of methoxy groups -OCH3 is 1. The van der Waals surface area contributed by atoms with Gasteiger partial charge in [0.05, 0.1) is 11.4 Å². The standard InChI is InChI=1S/C11H23BrN2O3S/c1-10-4-6-14(7-5-10)18(15,16)13(2)8-11(12)9-17-3/h10-11H,4-9H2,1-3H3. The quantitative estimate of drug-likeness (QED) is 0.683. The average Bonchev–Trinajstić information content (AvgIpc) is 2.29. The Morgan fingerprint density at radius 2 is 2.00 bits per heavy atom. The lowest BCUT2D eigenvalue weighted by Crippen LogP contribution is -2.47. The highest BCUT2D eigenvalue weighted by Gasteiger charge is 2.30. The molecule has 1 saturated heterocycles. The molecule has 18 heavy (non-hydrogen) atoms. The summed E-state index contributed by atoms with van der Waals surface area (Å²) in [6.45, 7) is 4.34. The molecule has 0 radical (unpaired) electrons. The molecule has 0 bridgehead atoms. The molecule has 108 valence electrons. The lowest BCUT2D eigenvalue weighted by molar-refractivity contribution is 0.193. The molecule has 0 N–H and O–H groups in total. The average molecular weight is 343 g/mol. The van der Waals surface area contributed by atoms with Crippen molar-refractivity contribution in [2.45, 2.75) is 24.6 Å². The van der Waals surface area contributed by atoms with E-state index in [9.17, 15) is 8.42 Å². The topological polar surface area (TPSA) is 49.9 Å². The van der Waals surface area contributed by atoms with Crippen LogP contribution in [0.15, 0.2) is 0 Å². The van der Waals surface area contributed by atoms with Crippen molar-refractivity contribution in [1.82, 2.24) is 8.61 Å². The van der Waals surface area contributed by atoms with Gasteiger partial charge in [0.1, 0.15) is 0 Å². The van der Waals surface area contributed by atoms with E-state index in [0.717, 1.165) is 12.8 Å². The van der Waals surface area contributed by atoms with Gasteiger partial charge in [-0.1, -0.05) is 22.9 Å². The molecule has 0 aromatic rings. The van der Waals surface area contributed by atoms with Gasteiger partial charge >= 0.3 is 0 Å². The molecule has 0 aromatic carbocycles. The van der Waals surface area contributed by atoms with Crippen LogP contribution in [0.2, 0.25) is 0 Å². The third-order valence-electron chi connectivity index (χ3n) is 3.27. The molecule has 1 atom stereocenters. The molecule has 1 heterocycles. The maximum absolute atomic E-state index is 12.3. The summed E-state index contributed by atoms with van der Waals surface area (Å²) < 4.78 is 32.6. The predicted molar refractivity (Wildman–Crippen MR) is 76.1 cm³/mol. The predicted octanol–water partition coefficient (Wildman–Crippen LogP) is 1.30. The van der Waals surface area contributed by atoms with Gasteiger partial charge in [-0.15, -0.1) is 0 Å². The zero-order valence-corrected chi connectivity index (χ0v) is 13.7. The second-order valence-electron chi connectivity index (χ2n) is 4.92. The first-order valence-electron chi connectivity index (χ1n) is 6.22. The Hall–Kier alpha value is 0.310. The number of nitrogens with zero attached hydrogens (tertiary/aromatic N) is 2. The van der Waals surface area contributed by atoms with Crippen molar-refractivity contribution in [2.75, 3.05) is 40.4 Å². The summed E-state index contributed by atoms with van der Waals surface area (Å²) >= 11 is 3.42. The summed E-state index contributed by atoms with van der Waals surface area (Å²) in [6.07, 6.45) is 1.89. The number of alkyl halides is 1. The van der Waals surface area contributed by atoms with Gasteiger partial charge in [-0.05, 0) is 18.8 Å². The Labute approximate surface area is 119 Å². The second-order valence-corrected chi connectivity index (χ2v) is 8.25. The fraction of sp³-hybridized carbons (Fsp3) is 1.00. The normalized spacial score (nSPS) is 21.4. The Morgan fingerprint density at radius 1 is 1.44 bits per heavy atom.